The lowest BCUT2D eigenvalue weighted by atomic mass is 10.2. The predicted octanol–water partition coefficient (Wildman–Crippen LogP) is 2.64. The number of thiophene rings is 1. The molecule has 0 amide bonds. The van der Waals surface area contributed by atoms with Crippen molar-refractivity contribution in [2.45, 2.75) is 19.9 Å². The average molecular weight is 318 g/mol. The maximum Gasteiger partial charge on any atom is 0.222 e. The summed E-state index contributed by atoms with van der Waals surface area (Å²) in [4.78, 5) is 13.9. The minimum Gasteiger partial charge on any atom is -0.379 e. The highest BCUT2D eigenvalue weighted by atomic mass is 32.1. The van der Waals surface area contributed by atoms with E-state index in [2.05, 4.69) is 39.2 Å². The minimum atomic E-state index is 0.340. The van der Waals surface area contributed by atoms with Crippen LogP contribution in [0.25, 0.3) is 0 Å². The van der Waals surface area contributed by atoms with Gasteiger partial charge in [0.2, 0.25) is 5.95 Å². The van der Waals surface area contributed by atoms with Crippen LogP contribution in [0.1, 0.15) is 21.5 Å². The predicted molar refractivity (Wildman–Crippen MR) is 89.4 cm³/mol. The molecule has 22 heavy (non-hydrogen) atoms. The van der Waals surface area contributed by atoms with Gasteiger partial charge in [-0.3, -0.25) is 4.90 Å². The second kappa shape index (κ2) is 7.17. The number of aromatic nitrogens is 2. The van der Waals surface area contributed by atoms with E-state index in [0.29, 0.717) is 12.0 Å². The van der Waals surface area contributed by atoms with Crippen LogP contribution >= 0.6 is 11.3 Å². The summed E-state index contributed by atoms with van der Waals surface area (Å²) in [6.45, 7) is 8.50. The topological polar surface area (TPSA) is 50.3 Å². The maximum absolute atomic E-state index is 5.49. The summed E-state index contributed by atoms with van der Waals surface area (Å²) < 4.78 is 5.49. The van der Waals surface area contributed by atoms with Gasteiger partial charge in [0, 0.05) is 41.3 Å². The summed E-state index contributed by atoms with van der Waals surface area (Å²) in [6, 6.07) is 6.68. The van der Waals surface area contributed by atoms with Crippen molar-refractivity contribution >= 4 is 17.3 Å². The third-order valence-corrected chi connectivity index (χ3v) is 4.93. The summed E-state index contributed by atoms with van der Waals surface area (Å²) in [5, 5.41) is 3.39. The molecule has 0 saturated carbocycles. The van der Waals surface area contributed by atoms with Gasteiger partial charge in [0.05, 0.1) is 19.3 Å². The highest BCUT2D eigenvalue weighted by molar-refractivity contribution is 7.12. The molecular weight excluding hydrogens is 296 g/mol. The van der Waals surface area contributed by atoms with Crippen LogP contribution in [0.5, 0.6) is 0 Å². The smallest absolute Gasteiger partial charge is 0.222 e. The minimum absolute atomic E-state index is 0.340. The molecular formula is C16H22N4OS. The normalized spacial score (nSPS) is 17.4. The van der Waals surface area contributed by atoms with Gasteiger partial charge in [0.25, 0.3) is 0 Å². The van der Waals surface area contributed by atoms with Crippen LogP contribution in [-0.2, 0) is 4.74 Å². The highest BCUT2D eigenvalue weighted by Crippen LogP contribution is 2.28. The van der Waals surface area contributed by atoms with Crippen molar-refractivity contribution < 1.29 is 4.74 Å². The number of nitrogens with one attached hydrogen (secondary N) is 1. The third kappa shape index (κ3) is 3.82. The Morgan fingerprint density at radius 2 is 2.09 bits per heavy atom. The van der Waals surface area contributed by atoms with E-state index < -0.39 is 0 Å². The van der Waals surface area contributed by atoms with Crippen molar-refractivity contribution in [3.05, 3.63) is 39.8 Å². The Morgan fingerprint density at radius 3 is 2.77 bits per heavy atom. The second-order valence-corrected chi connectivity index (χ2v) is 6.83. The Kier molecular flexibility index (Phi) is 5.02. The Bertz CT molecular complexity index is 610. The molecule has 0 bridgehead atoms. The Balaban J connectivity index is 1.73. The first-order valence-corrected chi connectivity index (χ1v) is 8.45. The van der Waals surface area contributed by atoms with E-state index >= 15 is 0 Å². The summed E-state index contributed by atoms with van der Waals surface area (Å²) in [5.74, 6) is 0.700. The van der Waals surface area contributed by atoms with Crippen LogP contribution in [0.15, 0.2) is 24.4 Å². The zero-order chi connectivity index (χ0) is 15.4. The van der Waals surface area contributed by atoms with Gasteiger partial charge in [-0.25, -0.2) is 9.97 Å². The molecule has 3 rings (SSSR count). The van der Waals surface area contributed by atoms with E-state index in [4.69, 9.17) is 4.74 Å². The van der Waals surface area contributed by atoms with Crippen LogP contribution in [-0.4, -0.2) is 47.7 Å². The molecule has 1 unspecified atom stereocenters. The lowest BCUT2D eigenvalue weighted by molar-refractivity contribution is 0.0193. The van der Waals surface area contributed by atoms with Crippen LogP contribution in [0, 0.1) is 13.8 Å². The first-order valence-electron chi connectivity index (χ1n) is 7.64. The largest absolute Gasteiger partial charge is 0.379 e. The van der Waals surface area contributed by atoms with E-state index in [-0.39, 0.29) is 0 Å². The molecule has 5 nitrogen and oxygen atoms in total. The number of hydrogen-bond donors (Lipinski definition) is 1. The summed E-state index contributed by atoms with van der Waals surface area (Å²) in [6.07, 6.45) is 1.80. The lowest BCUT2D eigenvalue weighted by Gasteiger charge is -2.34. The highest BCUT2D eigenvalue weighted by Gasteiger charge is 2.23. The molecule has 1 N–H and O–H groups in total. The van der Waals surface area contributed by atoms with Crippen LogP contribution in [0.3, 0.4) is 0 Å². The molecule has 2 aromatic heterocycles. The maximum atomic E-state index is 5.49. The fourth-order valence-corrected chi connectivity index (χ4v) is 3.67. The molecule has 118 valence electrons. The first kappa shape index (κ1) is 15.4. The molecule has 1 atom stereocenters. The second-order valence-electron chi connectivity index (χ2n) is 5.52. The molecule has 2 aromatic rings. The van der Waals surface area contributed by atoms with Gasteiger partial charge in [0.15, 0.2) is 0 Å². The van der Waals surface area contributed by atoms with Crippen molar-refractivity contribution in [3.63, 3.8) is 0 Å². The van der Waals surface area contributed by atoms with Crippen LogP contribution in [0.2, 0.25) is 0 Å². The molecule has 1 aliphatic heterocycles. The van der Waals surface area contributed by atoms with E-state index in [1.54, 1.807) is 6.20 Å². The number of morpholine rings is 1. The quantitative estimate of drug-likeness (QED) is 0.918. The van der Waals surface area contributed by atoms with Gasteiger partial charge in [-0.2, -0.15) is 0 Å². The number of anilines is 1. The van der Waals surface area contributed by atoms with Crippen molar-refractivity contribution in [3.8, 4) is 0 Å². The molecule has 3 heterocycles. The molecule has 1 fully saturated rings. The number of aryl methyl sites for hydroxylation is 2. The Hall–Kier alpha value is -1.50. The molecule has 0 radical (unpaired) electrons. The fourth-order valence-electron chi connectivity index (χ4n) is 2.65. The standard InChI is InChI=1S/C16H22N4OS/c1-12-5-6-17-16(19-12)18-11-14(15-4-3-13(2)22-15)20-7-9-21-10-8-20/h3-6,14H,7-11H2,1-2H3,(H,17,18,19). The SMILES string of the molecule is Cc1ccnc(NCC(c2ccc(C)s2)N2CCOCC2)n1. The Labute approximate surface area is 135 Å². The summed E-state index contributed by atoms with van der Waals surface area (Å²) in [5.41, 5.74) is 0.979. The van der Waals surface area contributed by atoms with Crippen LogP contribution in [0.4, 0.5) is 5.95 Å². The monoisotopic (exact) mass is 318 g/mol. The molecule has 0 aliphatic carbocycles. The van der Waals surface area contributed by atoms with Crippen molar-refractivity contribution in [1.29, 1.82) is 0 Å². The molecule has 6 heteroatoms. The number of hydrogen-bond acceptors (Lipinski definition) is 6. The van der Waals surface area contributed by atoms with E-state index in [1.165, 1.54) is 9.75 Å². The summed E-state index contributed by atoms with van der Waals surface area (Å²) in [7, 11) is 0. The summed E-state index contributed by atoms with van der Waals surface area (Å²) >= 11 is 1.86. The van der Waals surface area contributed by atoms with E-state index in [0.717, 1.165) is 38.5 Å². The first-order chi connectivity index (χ1) is 10.7. The number of rotatable bonds is 5. The van der Waals surface area contributed by atoms with E-state index in [9.17, 15) is 0 Å². The van der Waals surface area contributed by atoms with Crippen molar-refractivity contribution in [2.24, 2.45) is 0 Å². The average Bonchev–Trinajstić information content (AvgIpc) is 2.95. The van der Waals surface area contributed by atoms with Gasteiger partial charge >= 0.3 is 0 Å². The zero-order valence-corrected chi connectivity index (χ0v) is 13.9. The third-order valence-electron chi connectivity index (χ3n) is 3.82. The van der Waals surface area contributed by atoms with Crippen molar-refractivity contribution in [2.75, 3.05) is 38.2 Å². The van der Waals surface area contributed by atoms with Gasteiger partial charge in [-0.05, 0) is 32.0 Å². The number of nitrogens with zero attached hydrogens (tertiary/aromatic N) is 3. The van der Waals surface area contributed by atoms with Crippen molar-refractivity contribution in [1.82, 2.24) is 14.9 Å². The zero-order valence-electron chi connectivity index (χ0n) is 13.1. The number of ether oxygens (including phenoxy) is 1. The van der Waals surface area contributed by atoms with E-state index in [1.807, 2.05) is 24.3 Å². The molecule has 0 spiro atoms. The van der Waals surface area contributed by atoms with Gasteiger partial charge in [-0.15, -0.1) is 11.3 Å². The molecule has 1 saturated heterocycles. The Morgan fingerprint density at radius 1 is 1.27 bits per heavy atom. The van der Waals surface area contributed by atoms with Gasteiger partial charge in [0.1, 0.15) is 0 Å². The molecule has 1 aliphatic rings. The fraction of sp³-hybridized carbons (Fsp3) is 0.500. The van der Waals surface area contributed by atoms with Gasteiger partial charge in [-0.1, -0.05) is 0 Å². The lowest BCUT2D eigenvalue weighted by Crippen LogP contribution is -2.41. The van der Waals surface area contributed by atoms with Crippen LogP contribution < -0.4 is 5.32 Å². The molecule has 0 aromatic carbocycles. The van der Waals surface area contributed by atoms with Gasteiger partial charge < -0.3 is 10.1 Å².